The first-order chi connectivity index (χ1) is 26.7. The van der Waals surface area contributed by atoms with Crippen LogP contribution >= 0.6 is 0 Å². The minimum Gasteiger partial charge on any atom is -0.0622 e. The van der Waals surface area contributed by atoms with Gasteiger partial charge in [-0.1, -0.05) is 170 Å². The van der Waals surface area contributed by atoms with Crippen molar-refractivity contribution >= 4 is 43.1 Å². The van der Waals surface area contributed by atoms with E-state index in [1.165, 1.54) is 132 Å². The topological polar surface area (TPSA) is 0 Å². The van der Waals surface area contributed by atoms with E-state index < -0.39 is 0 Å². The van der Waals surface area contributed by atoms with Crippen LogP contribution in [0, 0.1) is 13.8 Å². The summed E-state index contributed by atoms with van der Waals surface area (Å²) in [5.74, 6) is 0. The summed E-state index contributed by atoms with van der Waals surface area (Å²) in [7, 11) is 0. The van der Waals surface area contributed by atoms with Gasteiger partial charge in [-0.2, -0.15) is 0 Å². The predicted octanol–water partition coefficient (Wildman–Crippen LogP) is 15.2. The Morgan fingerprint density at radius 1 is 0.222 bits per heavy atom. The average Bonchev–Trinajstić information content (AvgIpc) is 3.75. The lowest BCUT2D eigenvalue weighted by molar-refractivity contribution is 1.47. The van der Waals surface area contributed by atoms with Crippen LogP contribution in [0.3, 0.4) is 0 Å². The largest absolute Gasteiger partial charge is 0.0622 e. The van der Waals surface area contributed by atoms with Gasteiger partial charge in [-0.05, 0) is 146 Å². The Balaban J connectivity index is 1.17. The van der Waals surface area contributed by atoms with E-state index in [0.717, 1.165) is 0 Å². The van der Waals surface area contributed by atoms with Gasteiger partial charge in [-0.25, -0.2) is 0 Å². The van der Waals surface area contributed by atoms with Crippen LogP contribution in [-0.2, 0) is 0 Å². The van der Waals surface area contributed by atoms with Crippen LogP contribution in [-0.4, -0.2) is 0 Å². The molecule has 12 rings (SSSR count). The summed E-state index contributed by atoms with van der Waals surface area (Å²) in [6.45, 7) is 4.62. The molecule has 0 saturated heterocycles. The molecular formula is C54H34. The molecule has 0 bridgehead atoms. The van der Waals surface area contributed by atoms with E-state index in [1.54, 1.807) is 0 Å². The van der Waals surface area contributed by atoms with Gasteiger partial charge in [0.1, 0.15) is 0 Å². The van der Waals surface area contributed by atoms with E-state index in [2.05, 4.69) is 184 Å². The molecule has 0 radical (unpaired) electrons. The highest BCUT2D eigenvalue weighted by Crippen LogP contribution is 2.59. The van der Waals surface area contributed by atoms with Crippen molar-refractivity contribution in [2.45, 2.75) is 13.8 Å². The SMILES string of the molecule is Cc1c2c(c(C)c3ccccc13)-c1ccc(-c3ccc4c5c(cccc35)-c3c-4c(-c4ccccc4)c4ccccc4c3-c3ccccc3)c3cccc-2c13. The van der Waals surface area contributed by atoms with E-state index in [9.17, 15) is 0 Å². The van der Waals surface area contributed by atoms with Gasteiger partial charge in [0, 0.05) is 0 Å². The minimum atomic E-state index is 1.25. The molecule has 0 nitrogen and oxygen atoms in total. The molecule has 0 aromatic heterocycles. The lowest BCUT2D eigenvalue weighted by atomic mass is 9.82. The third-order valence-corrected chi connectivity index (χ3v) is 12.5. The van der Waals surface area contributed by atoms with Gasteiger partial charge in [0.2, 0.25) is 0 Å². The first kappa shape index (κ1) is 29.8. The van der Waals surface area contributed by atoms with E-state index in [0.29, 0.717) is 0 Å². The summed E-state index contributed by atoms with van der Waals surface area (Å²) in [6.07, 6.45) is 0. The van der Waals surface area contributed by atoms with Crippen molar-refractivity contribution in [3.8, 4) is 77.9 Å². The van der Waals surface area contributed by atoms with Crippen LogP contribution < -0.4 is 0 Å². The Morgan fingerprint density at radius 3 is 1.02 bits per heavy atom. The summed E-state index contributed by atoms with van der Waals surface area (Å²) >= 11 is 0. The number of rotatable bonds is 3. The van der Waals surface area contributed by atoms with Gasteiger partial charge >= 0.3 is 0 Å². The Hall–Kier alpha value is -6.76. The van der Waals surface area contributed by atoms with E-state index in [1.807, 2.05) is 0 Å². The Morgan fingerprint density at radius 2 is 0.556 bits per heavy atom. The second-order valence-corrected chi connectivity index (χ2v) is 15.1. The molecule has 2 aliphatic rings. The van der Waals surface area contributed by atoms with Gasteiger partial charge < -0.3 is 0 Å². The summed E-state index contributed by atoms with van der Waals surface area (Å²) < 4.78 is 0. The fourth-order valence-electron chi connectivity index (χ4n) is 10.4. The maximum atomic E-state index is 2.42. The van der Waals surface area contributed by atoms with Gasteiger partial charge in [-0.15, -0.1) is 0 Å². The number of benzene rings is 10. The van der Waals surface area contributed by atoms with Crippen molar-refractivity contribution in [1.29, 1.82) is 0 Å². The predicted molar refractivity (Wildman–Crippen MR) is 231 cm³/mol. The molecule has 0 unspecified atom stereocenters. The molecule has 0 atom stereocenters. The highest BCUT2D eigenvalue weighted by Gasteiger charge is 2.32. The zero-order valence-corrected chi connectivity index (χ0v) is 30.2. The molecule has 0 saturated carbocycles. The third kappa shape index (κ3) is 3.77. The van der Waals surface area contributed by atoms with Gasteiger partial charge in [0.05, 0.1) is 0 Å². The van der Waals surface area contributed by atoms with Crippen molar-refractivity contribution in [3.63, 3.8) is 0 Å². The van der Waals surface area contributed by atoms with Crippen LogP contribution in [0.4, 0.5) is 0 Å². The van der Waals surface area contributed by atoms with Crippen molar-refractivity contribution in [1.82, 2.24) is 0 Å². The molecule has 2 aliphatic carbocycles. The molecule has 0 aliphatic heterocycles. The minimum absolute atomic E-state index is 1.25. The third-order valence-electron chi connectivity index (χ3n) is 12.5. The number of hydrogen-bond acceptors (Lipinski definition) is 0. The maximum absolute atomic E-state index is 2.42. The molecular weight excluding hydrogens is 649 g/mol. The number of hydrogen-bond donors (Lipinski definition) is 0. The van der Waals surface area contributed by atoms with Gasteiger partial charge in [0.15, 0.2) is 0 Å². The second kappa shape index (κ2) is 10.9. The molecule has 10 aromatic carbocycles. The van der Waals surface area contributed by atoms with Crippen molar-refractivity contribution < 1.29 is 0 Å². The maximum Gasteiger partial charge on any atom is -0.000741 e. The lowest BCUT2D eigenvalue weighted by Gasteiger charge is -2.20. The normalized spacial score (nSPS) is 12.3. The van der Waals surface area contributed by atoms with Gasteiger partial charge in [-0.3, -0.25) is 0 Å². The van der Waals surface area contributed by atoms with Crippen molar-refractivity contribution in [2.24, 2.45) is 0 Å². The molecule has 10 aromatic rings. The van der Waals surface area contributed by atoms with Crippen LogP contribution in [0.15, 0.2) is 170 Å². The van der Waals surface area contributed by atoms with Crippen LogP contribution in [0.2, 0.25) is 0 Å². The highest BCUT2D eigenvalue weighted by atomic mass is 14.3. The average molecular weight is 683 g/mol. The fourth-order valence-corrected chi connectivity index (χ4v) is 10.4. The Labute approximate surface area is 314 Å². The van der Waals surface area contributed by atoms with E-state index >= 15 is 0 Å². The molecule has 0 N–H and O–H groups in total. The van der Waals surface area contributed by atoms with Crippen molar-refractivity contribution in [3.05, 3.63) is 181 Å². The zero-order chi connectivity index (χ0) is 35.7. The summed E-state index contributed by atoms with van der Waals surface area (Å²) in [6, 6.07) is 63.5. The molecule has 54 heavy (non-hydrogen) atoms. The van der Waals surface area contributed by atoms with Crippen LogP contribution in [0.25, 0.3) is 121 Å². The molecule has 0 heteroatoms. The summed E-state index contributed by atoms with van der Waals surface area (Å²) in [4.78, 5) is 0. The molecule has 0 fully saturated rings. The van der Waals surface area contributed by atoms with Crippen LogP contribution in [0.5, 0.6) is 0 Å². The quantitative estimate of drug-likeness (QED) is 0.174. The van der Waals surface area contributed by atoms with E-state index in [4.69, 9.17) is 0 Å². The first-order valence-corrected chi connectivity index (χ1v) is 19.0. The summed E-state index contributed by atoms with van der Waals surface area (Å²) in [5.41, 5.74) is 21.3. The highest BCUT2D eigenvalue weighted by molar-refractivity contribution is 6.30. The smallest absolute Gasteiger partial charge is 0.000741 e. The Kier molecular flexibility index (Phi) is 6.00. The van der Waals surface area contributed by atoms with Crippen LogP contribution in [0.1, 0.15) is 11.1 Å². The monoisotopic (exact) mass is 682 g/mol. The first-order valence-electron chi connectivity index (χ1n) is 19.0. The van der Waals surface area contributed by atoms with Gasteiger partial charge in [0.25, 0.3) is 0 Å². The molecule has 0 amide bonds. The molecule has 0 spiro atoms. The fraction of sp³-hybridized carbons (Fsp3) is 0.0370. The standard InChI is InChI=1S/C54H34/c1-31-35-19-9-10-20-36(35)32(2)48-45-29-27-37(39-23-13-25-43(47(31)48)51(39)45)38-28-30-46-52-40(38)24-14-26-44(52)53-49(33-15-5-3-6-16-33)41-21-11-12-22-42(41)50(54(46)53)34-17-7-4-8-18-34/h3-30H,1-2H3. The second-order valence-electron chi connectivity index (χ2n) is 15.1. The number of fused-ring (bicyclic) bond motifs is 8. The number of aryl methyl sites for hydroxylation is 2. The molecule has 0 heterocycles. The zero-order valence-electron chi connectivity index (χ0n) is 30.2. The van der Waals surface area contributed by atoms with E-state index in [-0.39, 0.29) is 0 Å². The molecule has 250 valence electrons. The Bertz CT molecular complexity index is 3110. The van der Waals surface area contributed by atoms with Crippen molar-refractivity contribution in [2.75, 3.05) is 0 Å². The summed E-state index contributed by atoms with van der Waals surface area (Å²) in [5, 5.41) is 10.6. The lowest BCUT2D eigenvalue weighted by Crippen LogP contribution is -1.93.